The number of carbonyl (C=O) groups is 1. The summed E-state index contributed by atoms with van der Waals surface area (Å²) in [4.78, 5) is 37.1. The number of benzene rings is 2. The minimum Gasteiger partial charge on any atom is -0.368 e. The number of aryl methyl sites for hydroxylation is 2. The molecule has 1 aliphatic rings. The number of hydrogen-bond acceptors (Lipinski definition) is 5. The maximum atomic E-state index is 12.9. The van der Waals surface area contributed by atoms with E-state index in [0.29, 0.717) is 40.3 Å². The average Bonchev–Trinajstić information content (AvgIpc) is 2.80. The molecule has 0 radical (unpaired) electrons. The van der Waals surface area contributed by atoms with Crippen molar-refractivity contribution in [1.29, 1.82) is 0 Å². The highest BCUT2D eigenvalue weighted by Crippen LogP contribution is 2.22. The third kappa shape index (κ3) is 5.97. The van der Waals surface area contributed by atoms with Gasteiger partial charge in [0.1, 0.15) is 0 Å². The van der Waals surface area contributed by atoms with Gasteiger partial charge in [-0.25, -0.2) is 4.98 Å². The van der Waals surface area contributed by atoms with E-state index in [1.54, 1.807) is 6.92 Å². The highest BCUT2D eigenvalue weighted by molar-refractivity contribution is 7.98. The first-order valence-electron chi connectivity index (χ1n) is 11.0. The van der Waals surface area contributed by atoms with Gasteiger partial charge in [0.15, 0.2) is 5.16 Å². The molecule has 33 heavy (non-hydrogen) atoms. The number of carbonyl (C=O) groups excluding carboxylic acids is 1. The van der Waals surface area contributed by atoms with Crippen molar-refractivity contribution in [1.82, 2.24) is 14.9 Å². The minimum absolute atomic E-state index is 0.0337. The number of thioether (sulfide) groups is 1. The Labute approximate surface area is 203 Å². The van der Waals surface area contributed by atoms with E-state index in [0.717, 1.165) is 18.7 Å². The van der Waals surface area contributed by atoms with Crippen molar-refractivity contribution in [3.8, 4) is 0 Å². The Morgan fingerprint density at radius 1 is 1.09 bits per heavy atom. The summed E-state index contributed by atoms with van der Waals surface area (Å²) in [6, 6.07) is 16.0. The van der Waals surface area contributed by atoms with Crippen molar-refractivity contribution in [3.05, 3.63) is 86.3 Å². The third-order valence-corrected chi connectivity index (χ3v) is 6.97. The number of nitrogens with zero attached hydrogens (tertiary/aromatic N) is 3. The number of rotatable bonds is 6. The van der Waals surface area contributed by atoms with Crippen LogP contribution in [-0.2, 0) is 17.0 Å². The van der Waals surface area contributed by atoms with Crippen LogP contribution in [0.5, 0.6) is 0 Å². The van der Waals surface area contributed by atoms with E-state index in [1.165, 1.54) is 23.0 Å². The lowest BCUT2D eigenvalue weighted by atomic mass is 10.1. The zero-order chi connectivity index (χ0) is 23.4. The van der Waals surface area contributed by atoms with Gasteiger partial charge in [-0.3, -0.25) is 9.59 Å². The van der Waals surface area contributed by atoms with Gasteiger partial charge >= 0.3 is 0 Å². The monoisotopic (exact) mass is 482 g/mol. The number of amides is 1. The molecule has 2 heterocycles. The lowest BCUT2D eigenvalue weighted by Crippen LogP contribution is -2.49. The van der Waals surface area contributed by atoms with Gasteiger partial charge in [0.2, 0.25) is 5.91 Å². The van der Waals surface area contributed by atoms with Crippen LogP contribution in [0.25, 0.3) is 0 Å². The highest BCUT2D eigenvalue weighted by atomic mass is 35.5. The van der Waals surface area contributed by atoms with Crippen LogP contribution in [0.15, 0.2) is 58.5 Å². The SMILES string of the molecule is Cc1cccc(N2CCN(C(=O)Cc3c(C)nc(SCc4cccc(Cl)c4)[nH]c3=O)CC2)c1. The molecule has 0 spiro atoms. The first kappa shape index (κ1) is 23.4. The van der Waals surface area contributed by atoms with Crippen molar-refractivity contribution in [2.75, 3.05) is 31.1 Å². The molecule has 1 saturated heterocycles. The van der Waals surface area contributed by atoms with Crippen LogP contribution in [0.2, 0.25) is 5.02 Å². The normalized spacial score (nSPS) is 13.9. The molecule has 0 saturated carbocycles. The predicted octanol–water partition coefficient (Wildman–Crippen LogP) is 4.22. The molecular weight excluding hydrogens is 456 g/mol. The van der Waals surface area contributed by atoms with Crippen LogP contribution in [0.3, 0.4) is 0 Å². The second-order valence-electron chi connectivity index (χ2n) is 8.24. The zero-order valence-electron chi connectivity index (χ0n) is 18.8. The Hall–Kier alpha value is -2.77. The van der Waals surface area contributed by atoms with Crippen molar-refractivity contribution in [3.63, 3.8) is 0 Å². The van der Waals surface area contributed by atoms with Crippen LogP contribution in [0.4, 0.5) is 5.69 Å². The molecule has 1 fully saturated rings. The van der Waals surface area contributed by atoms with E-state index >= 15 is 0 Å². The number of piperazine rings is 1. The molecule has 0 atom stereocenters. The molecule has 4 rings (SSSR count). The molecule has 0 aliphatic carbocycles. The fraction of sp³-hybridized carbons (Fsp3) is 0.320. The fourth-order valence-electron chi connectivity index (χ4n) is 3.94. The Bertz CT molecular complexity index is 1210. The zero-order valence-corrected chi connectivity index (χ0v) is 20.4. The van der Waals surface area contributed by atoms with E-state index in [1.807, 2.05) is 29.2 Å². The number of hydrogen-bond donors (Lipinski definition) is 1. The van der Waals surface area contributed by atoms with E-state index in [9.17, 15) is 9.59 Å². The predicted molar refractivity (Wildman–Crippen MR) is 134 cm³/mol. The van der Waals surface area contributed by atoms with Gasteiger partial charge < -0.3 is 14.8 Å². The molecule has 0 unspecified atom stereocenters. The summed E-state index contributed by atoms with van der Waals surface area (Å²) in [5.41, 5.74) is 4.25. The number of halogens is 1. The summed E-state index contributed by atoms with van der Waals surface area (Å²) in [5.74, 6) is 0.612. The van der Waals surface area contributed by atoms with Gasteiger partial charge in [-0.05, 0) is 49.2 Å². The highest BCUT2D eigenvalue weighted by Gasteiger charge is 2.23. The van der Waals surface area contributed by atoms with E-state index in [4.69, 9.17) is 11.6 Å². The van der Waals surface area contributed by atoms with E-state index in [2.05, 4.69) is 46.1 Å². The molecule has 1 N–H and O–H groups in total. The third-order valence-electron chi connectivity index (χ3n) is 5.79. The average molecular weight is 483 g/mol. The number of aromatic nitrogens is 2. The van der Waals surface area contributed by atoms with Crippen molar-refractivity contribution in [2.45, 2.75) is 31.2 Å². The Morgan fingerprint density at radius 3 is 2.55 bits per heavy atom. The van der Waals surface area contributed by atoms with Crippen molar-refractivity contribution in [2.24, 2.45) is 0 Å². The quantitative estimate of drug-likeness (QED) is 0.420. The summed E-state index contributed by atoms with van der Waals surface area (Å²) in [7, 11) is 0. The molecule has 1 aromatic heterocycles. The van der Waals surface area contributed by atoms with Crippen molar-refractivity contribution >= 4 is 35.0 Å². The van der Waals surface area contributed by atoms with Gasteiger partial charge in [-0.2, -0.15) is 0 Å². The van der Waals surface area contributed by atoms with Crippen LogP contribution >= 0.6 is 23.4 Å². The lowest BCUT2D eigenvalue weighted by Gasteiger charge is -2.36. The summed E-state index contributed by atoms with van der Waals surface area (Å²) >= 11 is 7.47. The van der Waals surface area contributed by atoms with Gasteiger partial charge in [0, 0.05) is 53.9 Å². The largest absolute Gasteiger partial charge is 0.368 e. The first-order valence-corrected chi connectivity index (χ1v) is 12.3. The van der Waals surface area contributed by atoms with E-state index < -0.39 is 0 Å². The molecule has 3 aromatic rings. The fourth-order valence-corrected chi connectivity index (χ4v) is 5.00. The summed E-state index contributed by atoms with van der Waals surface area (Å²) < 4.78 is 0. The van der Waals surface area contributed by atoms with Crippen LogP contribution in [-0.4, -0.2) is 47.0 Å². The second-order valence-corrected chi connectivity index (χ2v) is 9.64. The van der Waals surface area contributed by atoms with Crippen LogP contribution in [0.1, 0.15) is 22.4 Å². The first-order chi connectivity index (χ1) is 15.9. The van der Waals surface area contributed by atoms with Gasteiger partial charge in [-0.15, -0.1) is 0 Å². The summed E-state index contributed by atoms with van der Waals surface area (Å²) in [6.07, 6.45) is 0.0673. The van der Waals surface area contributed by atoms with Gasteiger partial charge in [0.25, 0.3) is 5.56 Å². The molecule has 2 aromatic carbocycles. The number of anilines is 1. The van der Waals surface area contributed by atoms with Crippen LogP contribution < -0.4 is 10.5 Å². The lowest BCUT2D eigenvalue weighted by molar-refractivity contribution is -0.130. The topological polar surface area (TPSA) is 69.3 Å². The molecule has 8 heteroatoms. The minimum atomic E-state index is -0.247. The molecule has 0 bridgehead atoms. The van der Waals surface area contributed by atoms with E-state index in [-0.39, 0.29) is 17.9 Å². The Balaban J connectivity index is 1.35. The number of H-pyrrole nitrogens is 1. The second kappa shape index (κ2) is 10.4. The smallest absolute Gasteiger partial charge is 0.255 e. The molecule has 1 aliphatic heterocycles. The van der Waals surface area contributed by atoms with Gasteiger partial charge in [0.05, 0.1) is 6.42 Å². The van der Waals surface area contributed by atoms with Crippen molar-refractivity contribution < 1.29 is 4.79 Å². The number of nitrogens with one attached hydrogen (secondary N) is 1. The number of aromatic amines is 1. The molecule has 172 valence electrons. The van der Waals surface area contributed by atoms with Crippen LogP contribution in [0, 0.1) is 13.8 Å². The summed E-state index contributed by atoms with van der Waals surface area (Å²) in [5, 5.41) is 1.22. The molecule has 6 nitrogen and oxygen atoms in total. The standard InChI is InChI=1S/C25H27ClN4O2S/c1-17-5-3-8-21(13-17)29-9-11-30(12-10-29)23(31)15-22-18(2)27-25(28-24(22)32)33-16-19-6-4-7-20(26)14-19/h3-8,13-14H,9-12,15-16H2,1-2H3,(H,27,28,32). The Kier molecular flexibility index (Phi) is 7.40. The Morgan fingerprint density at radius 2 is 1.85 bits per heavy atom. The maximum absolute atomic E-state index is 12.9. The molecular formula is C25H27ClN4O2S. The van der Waals surface area contributed by atoms with Gasteiger partial charge in [-0.1, -0.05) is 47.6 Å². The summed E-state index contributed by atoms with van der Waals surface area (Å²) in [6.45, 7) is 6.72. The maximum Gasteiger partial charge on any atom is 0.255 e. The molecule has 1 amide bonds.